The third kappa shape index (κ3) is 3.71. The topological polar surface area (TPSA) is 22.1 Å². The lowest BCUT2D eigenvalue weighted by atomic mass is 10.1. The van der Waals surface area contributed by atoms with E-state index in [4.69, 9.17) is 0 Å². The first-order chi connectivity index (χ1) is 9.04. The van der Waals surface area contributed by atoms with E-state index in [0.717, 1.165) is 17.2 Å². The van der Waals surface area contributed by atoms with Crippen LogP contribution in [0.15, 0.2) is 36.7 Å². The molecule has 0 aliphatic carbocycles. The molecule has 1 heterocycles. The average molecular weight is 267 g/mol. The van der Waals surface area contributed by atoms with Crippen LogP contribution in [0, 0.1) is 12.7 Å². The minimum Gasteiger partial charge on any atom is -0.432 e. The Balaban J connectivity index is 2.21. The number of hydrogen-bond donors (Lipinski definition) is 0. The number of benzene rings is 1. The maximum atomic E-state index is 13.3. The van der Waals surface area contributed by atoms with Gasteiger partial charge in [-0.25, -0.2) is 4.39 Å². The zero-order valence-electron chi connectivity index (χ0n) is 10.2. The van der Waals surface area contributed by atoms with Crippen molar-refractivity contribution < 1.29 is 17.9 Å². The van der Waals surface area contributed by atoms with Crippen LogP contribution in [0.4, 0.5) is 13.2 Å². The summed E-state index contributed by atoms with van der Waals surface area (Å²) in [5, 5.41) is 0. The van der Waals surface area contributed by atoms with Crippen LogP contribution in [0.1, 0.15) is 16.7 Å². The Hall–Kier alpha value is -2.04. The molecule has 100 valence electrons. The zero-order chi connectivity index (χ0) is 13.8. The van der Waals surface area contributed by atoms with Gasteiger partial charge in [0.1, 0.15) is 0 Å². The summed E-state index contributed by atoms with van der Waals surface area (Å²) in [7, 11) is 0. The molecule has 5 heteroatoms. The van der Waals surface area contributed by atoms with Gasteiger partial charge in [0.25, 0.3) is 0 Å². The smallest absolute Gasteiger partial charge is 0.387 e. The van der Waals surface area contributed by atoms with Crippen LogP contribution in [0.3, 0.4) is 0 Å². The van der Waals surface area contributed by atoms with Gasteiger partial charge in [-0.3, -0.25) is 4.98 Å². The van der Waals surface area contributed by atoms with Gasteiger partial charge in [-0.1, -0.05) is 12.1 Å². The molecular weight excluding hydrogens is 255 g/mol. The fourth-order valence-corrected chi connectivity index (χ4v) is 1.79. The first-order valence-electron chi connectivity index (χ1n) is 5.68. The van der Waals surface area contributed by atoms with E-state index in [1.54, 1.807) is 12.4 Å². The first-order valence-corrected chi connectivity index (χ1v) is 5.68. The molecule has 0 fully saturated rings. The molecule has 1 aromatic carbocycles. The third-order valence-corrected chi connectivity index (χ3v) is 2.55. The Bertz CT molecular complexity index is 572. The maximum Gasteiger partial charge on any atom is 0.387 e. The van der Waals surface area contributed by atoms with Crippen molar-refractivity contribution in [2.45, 2.75) is 20.0 Å². The van der Waals surface area contributed by atoms with Crippen LogP contribution < -0.4 is 4.74 Å². The lowest BCUT2D eigenvalue weighted by Crippen LogP contribution is -2.04. The molecule has 0 spiro atoms. The van der Waals surface area contributed by atoms with E-state index in [1.807, 2.05) is 13.0 Å². The predicted octanol–water partition coefficient (Wildman–Crippen LogP) is 3.72. The Morgan fingerprint density at radius 3 is 2.63 bits per heavy atom. The zero-order valence-corrected chi connectivity index (χ0v) is 10.2. The molecule has 0 unspecified atom stereocenters. The lowest BCUT2D eigenvalue weighted by molar-refractivity contribution is -0.0522. The number of hydrogen-bond acceptors (Lipinski definition) is 2. The minimum atomic E-state index is -3.04. The molecule has 0 aliphatic rings. The molecule has 2 aromatic rings. The number of halogens is 3. The van der Waals surface area contributed by atoms with E-state index >= 15 is 0 Å². The van der Waals surface area contributed by atoms with Crippen LogP contribution in [0.25, 0.3) is 0 Å². The molecule has 0 atom stereocenters. The van der Waals surface area contributed by atoms with Gasteiger partial charge in [-0.2, -0.15) is 8.78 Å². The van der Waals surface area contributed by atoms with E-state index < -0.39 is 18.2 Å². The first kappa shape index (κ1) is 13.4. The number of aryl methyl sites for hydroxylation is 1. The van der Waals surface area contributed by atoms with Crippen molar-refractivity contribution in [2.24, 2.45) is 0 Å². The molecule has 2 rings (SSSR count). The van der Waals surface area contributed by atoms with Gasteiger partial charge in [0.15, 0.2) is 11.6 Å². The van der Waals surface area contributed by atoms with Gasteiger partial charge < -0.3 is 4.74 Å². The molecule has 0 N–H and O–H groups in total. The fraction of sp³-hybridized carbons (Fsp3) is 0.214. The summed E-state index contributed by atoms with van der Waals surface area (Å²) in [5.74, 6) is -1.24. The SMILES string of the molecule is Cc1cncc(Cc2ccc(F)c(OC(F)F)c2)c1. The highest BCUT2D eigenvalue weighted by Gasteiger charge is 2.10. The molecule has 0 bridgehead atoms. The van der Waals surface area contributed by atoms with E-state index in [9.17, 15) is 13.2 Å². The average Bonchev–Trinajstić information content (AvgIpc) is 2.33. The molecule has 0 saturated heterocycles. The van der Waals surface area contributed by atoms with Gasteiger partial charge in [-0.15, -0.1) is 0 Å². The summed E-state index contributed by atoms with van der Waals surface area (Å²) >= 11 is 0. The summed E-state index contributed by atoms with van der Waals surface area (Å²) in [4.78, 5) is 4.04. The van der Waals surface area contributed by atoms with Gasteiger partial charge >= 0.3 is 6.61 Å². The molecule has 0 amide bonds. The second-order valence-electron chi connectivity index (χ2n) is 4.19. The van der Waals surface area contributed by atoms with E-state index in [2.05, 4.69) is 9.72 Å². The highest BCUT2D eigenvalue weighted by atomic mass is 19.3. The van der Waals surface area contributed by atoms with Gasteiger partial charge in [0, 0.05) is 12.4 Å². The fourth-order valence-electron chi connectivity index (χ4n) is 1.79. The number of nitrogens with zero attached hydrogens (tertiary/aromatic N) is 1. The van der Waals surface area contributed by atoms with Crippen LogP contribution in [-0.4, -0.2) is 11.6 Å². The molecule has 2 nitrogen and oxygen atoms in total. The summed E-state index contributed by atoms with van der Waals surface area (Å²) in [6, 6.07) is 5.88. The Kier molecular flexibility index (Phi) is 4.04. The number of ether oxygens (including phenoxy) is 1. The summed E-state index contributed by atoms with van der Waals surface area (Å²) in [6.07, 6.45) is 3.89. The van der Waals surface area contributed by atoms with Crippen molar-refractivity contribution in [1.29, 1.82) is 0 Å². The van der Waals surface area contributed by atoms with Crippen molar-refractivity contribution in [3.8, 4) is 5.75 Å². The van der Waals surface area contributed by atoms with Crippen molar-refractivity contribution in [1.82, 2.24) is 4.98 Å². The monoisotopic (exact) mass is 267 g/mol. The molecule has 19 heavy (non-hydrogen) atoms. The molecule has 0 radical (unpaired) electrons. The lowest BCUT2D eigenvalue weighted by Gasteiger charge is -2.08. The largest absolute Gasteiger partial charge is 0.432 e. The van der Waals surface area contributed by atoms with Crippen LogP contribution >= 0.6 is 0 Å². The van der Waals surface area contributed by atoms with Crippen LogP contribution in [-0.2, 0) is 6.42 Å². The number of rotatable bonds is 4. The number of pyridine rings is 1. The molecular formula is C14H12F3NO. The standard InChI is InChI=1S/C14H12F3NO/c1-9-4-11(8-18-7-9)5-10-2-3-12(15)13(6-10)19-14(16)17/h2-4,6-8,14H,5H2,1H3. The molecule has 0 saturated carbocycles. The van der Waals surface area contributed by atoms with Crippen molar-refractivity contribution in [3.05, 3.63) is 59.2 Å². The number of alkyl halides is 2. The highest BCUT2D eigenvalue weighted by Crippen LogP contribution is 2.22. The normalized spacial score (nSPS) is 10.8. The van der Waals surface area contributed by atoms with Gasteiger partial charge in [0.05, 0.1) is 0 Å². The Morgan fingerprint density at radius 1 is 1.16 bits per heavy atom. The van der Waals surface area contributed by atoms with Gasteiger partial charge in [-0.05, 0) is 42.2 Å². The van der Waals surface area contributed by atoms with Crippen LogP contribution in [0.5, 0.6) is 5.75 Å². The maximum absolute atomic E-state index is 13.3. The Morgan fingerprint density at radius 2 is 1.95 bits per heavy atom. The minimum absolute atomic E-state index is 0.437. The van der Waals surface area contributed by atoms with Crippen molar-refractivity contribution >= 4 is 0 Å². The van der Waals surface area contributed by atoms with Gasteiger partial charge in [0.2, 0.25) is 0 Å². The van der Waals surface area contributed by atoms with Crippen molar-refractivity contribution in [2.75, 3.05) is 0 Å². The summed E-state index contributed by atoms with van der Waals surface area (Å²) in [6.45, 7) is -1.13. The van der Waals surface area contributed by atoms with Crippen molar-refractivity contribution in [3.63, 3.8) is 0 Å². The van der Waals surface area contributed by atoms with Crippen LogP contribution in [0.2, 0.25) is 0 Å². The quantitative estimate of drug-likeness (QED) is 0.842. The summed E-state index contributed by atoms with van der Waals surface area (Å²) in [5.41, 5.74) is 2.61. The highest BCUT2D eigenvalue weighted by molar-refractivity contribution is 5.34. The predicted molar refractivity (Wildman–Crippen MR) is 64.8 cm³/mol. The second kappa shape index (κ2) is 5.73. The third-order valence-electron chi connectivity index (χ3n) is 2.55. The van der Waals surface area contributed by atoms with E-state index in [0.29, 0.717) is 12.0 Å². The second-order valence-corrected chi connectivity index (χ2v) is 4.19. The number of aromatic nitrogens is 1. The van der Waals surface area contributed by atoms with E-state index in [-0.39, 0.29) is 0 Å². The Labute approximate surface area is 108 Å². The summed E-state index contributed by atoms with van der Waals surface area (Å²) < 4.78 is 41.6. The molecule has 0 aliphatic heterocycles. The molecule has 1 aromatic heterocycles. The van der Waals surface area contributed by atoms with E-state index in [1.165, 1.54) is 12.1 Å².